The Morgan fingerprint density at radius 2 is 1.85 bits per heavy atom. The van der Waals surface area contributed by atoms with E-state index >= 15 is 0 Å². The molecule has 1 aromatic rings. The van der Waals surface area contributed by atoms with Crippen LogP contribution < -0.4 is 5.73 Å². The normalized spacial score (nSPS) is 23.1. The van der Waals surface area contributed by atoms with Gasteiger partial charge in [0.05, 0.1) is 0 Å². The number of hydrogen-bond acceptors (Lipinski definition) is 2. The first-order chi connectivity index (χ1) is 9.65. The molecule has 1 atom stereocenters. The number of ether oxygens (including phenoxy) is 1. The summed E-state index contributed by atoms with van der Waals surface area (Å²) in [4.78, 5) is 0. The second kappa shape index (κ2) is 5.87. The van der Waals surface area contributed by atoms with Gasteiger partial charge in [0.25, 0.3) is 0 Å². The van der Waals surface area contributed by atoms with E-state index in [4.69, 9.17) is 10.5 Å². The van der Waals surface area contributed by atoms with Gasteiger partial charge in [-0.25, -0.2) is 0 Å². The van der Waals surface area contributed by atoms with E-state index in [-0.39, 0.29) is 5.54 Å². The third kappa shape index (κ3) is 3.07. The molecule has 110 valence electrons. The summed E-state index contributed by atoms with van der Waals surface area (Å²) in [5.41, 5.74) is 10.9. The lowest BCUT2D eigenvalue weighted by Crippen LogP contribution is -2.37. The van der Waals surface area contributed by atoms with E-state index in [9.17, 15) is 0 Å². The molecule has 1 aliphatic carbocycles. The molecule has 2 nitrogen and oxygen atoms in total. The molecule has 0 spiro atoms. The largest absolute Gasteiger partial charge is 0.381 e. The summed E-state index contributed by atoms with van der Waals surface area (Å²) >= 11 is 0. The molecule has 1 heterocycles. The molecule has 2 heteroatoms. The molecule has 2 N–H and O–H groups in total. The summed E-state index contributed by atoms with van der Waals surface area (Å²) < 4.78 is 5.45. The van der Waals surface area contributed by atoms with Crippen LogP contribution in [0.15, 0.2) is 18.2 Å². The van der Waals surface area contributed by atoms with Gasteiger partial charge >= 0.3 is 0 Å². The van der Waals surface area contributed by atoms with Crippen LogP contribution in [-0.4, -0.2) is 13.2 Å². The zero-order valence-corrected chi connectivity index (χ0v) is 12.7. The molecule has 1 unspecified atom stereocenters. The number of fused-ring (bicyclic) bond motifs is 1. The minimum atomic E-state index is -0.200. The Labute approximate surface area is 122 Å². The molecule has 3 rings (SSSR count). The highest BCUT2D eigenvalue weighted by molar-refractivity contribution is 5.36. The summed E-state index contributed by atoms with van der Waals surface area (Å²) in [5.74, 6) is 0.717. The highest BCUT2D eigenvalue weighted by Crippen LogP contribution is 2.33. The molecular formula is C18H27NO. The lowest BCUT2D eigenvalue weighted by atomic mass is 9.79. The van der Waals surface area contributed by atoms with Crippen molar-refractivity contribution in [2.45, 2.75) is 57.4 Å². The Bertz CT molecular complexity index is 460. The van der Waals surface area contributed by atoms with Crippen molar-refractivity contribution in [3.8, 4) is 0 Å². The molecule has 0 bridgehead atoms. The van der Waals surface area contributed by atoms with Crippen LogP contribution >= 0.6 is 0 Å². The molecule has 0 radical (unpaired) electrons. The van der Waals surface area contributed by atoms with Gasteiger partial charge in [0.1, 0.15) is 0 Å². The Morgan fingerprint density at radius 1 is 1.15 bits per heavy atom. The fourth-order valence-corrected chi connectivity index (χ4v) is 3.76. The summed E-state index contributed by atoms with van der Waals surface area (Å²) in [6.45, 7) is 4.02. The molecule has 1 aromatic carbocycles. The van der Waals surface area contributed by atoms with E-state index in [1.54, 1.807) is 5.56 Å². The van der Waals surface area contributed by atoms with Crippen LogP contribution in [-0.2, 0) is 23.1 Å². The van der Waals surface area contributed by atoms with Crippen LogP contribution in [0, 0.1) is 5.92 Å². The van der Waals surface area contributed by atoms with E-state index in [1.807, 2.05) is 0 Å². The van der Waals surface area contributed by atoms with E-state index in [0.29, 0.717) is 0 Å². The maximum Gasteiger partial charge on any atom is 0.0468 e. The Balaban J connectivity index is 1.75. The zero-order chi connectivity index (χ0) is 14.0. The minimum absolute atomic E-state index is 0.200. The molecule has 0 saturated carbocycles. The maximum absolute atomic E-state index is 6.66. The first-order valence-electron chi connectivity index (χ1n) is 8.14. The van der Waals surface area contributed by atoms with Gasteiger partial charge < -0.3 is 10.5 Å². The van der Waals surface area contributed by atoms with Crippen molar-refractivity contribution in [3.63, 3.8) is 0 Å². The molecule has 0 amide bonds. The number of rotatable bonds is 3. The van der Waals surface area contributed by atoms with Crippen molar-refractivity contribution in [1.29, 1.82) is 0 Å². The third-order valence-corrected chi connectivity index (χ3v) is 5.06. The van der Waals surface area contributed by atoms with Crippen LogP contribution in [0.25, 0.3) is 0 Å². The third-order valence-electron chi connectivity index (χ3n) is 5.06. The number of hydrogen-bond donors (Lipinski definition) is 1. The first-order valence-corrected chi connectivity index (χ1v) is 8.14. The van der Waals surface area contributed by atoms with Crippen molar-refractivity contribution in [2.24, 2.45) is 11.7 Å². The van der Waals surface area contributed by atoms with Crippen molar-refractivity contribution < 1.29 is 4.74 Å². The fraction of sp³-hybridized carbons (Fsp3) is 0.667. The van der Waals surface area contributed by atoms with Gasteiger partial charge in [0.2, 0.25) is 0 Å². The number of nitrogens with two attached hydrogens (primary N) is 1. The summed E-state index contributed by atoms with van der Waals surface area (Å²) in [6.07, 6.45) is 8.56. The molecule has 2 aliphatic rings. The number of aryl methyl sites for hydroxylation is 2. The summed E-state index contributed by atoms with van der Waals surface area (Å²) in [7, 11) is 0. The second-order valence-corrected chi connectivity index (χ2v) is 6.87. The topological polar surface area (TPSA) is 35.2 Å². The summed E-state index contributed by atoms with van der Waals surface area (Å²) in [6, 6.07) is 6.97. The molecule has 1 fully saturated rings. The van der Waals surface area contributed by atoms with Crippen LogP contribution in [0.3, 0.4) is 0 Å². The molecule has 20 heavy (non-hydrogen) atoms. The maximum atomic E-state index is 6.66. The van der Waals surface area contributed by atoms with Gasteiger partial charge in [-0.1, -0.05) is 18.2 Å². The van der Waals surface area contributed by atoms with Crippen molar-refractivity contribution in [3.05, 3.63) is 34.9 Å². The lowest BCUT2D eigenvalue weighted by Gasteiger charge is -2.33. The Hall–Kier alpha value is -0.860. The van der Waals surface area contributed by atoms with Crippen LogP contribution in [0.4, 0.5) is 0 Å². The van der Waals surface area contributed by atoms with E-state index < -0.39 is 0 Å². The molecule has 1 saturated heterocycles. The molecular weight excluding hydrogens is 246 g/mol. The SMILES string of the molecule is CC(N)(CC1CCOCC1)c1ccc2c(c1)CCCC2. The zero-order valence-electron chi connectivity index (χ0n) is 12.7. The van der Waals surface area contributed by atoms with E-state index in [2.05, 4.69) is 25.1 Å². The fourth-order valence-electron chi connectivity index (χ4n) is 3.76. The number of benzene rings is 1. The lowest BCUT2D eigenvalue weighted by molar-refractivity contribution is 0.0570. The van der Waals surface area contributed by atoms with Crippen molar-refractivity contribution in [1.82, 2.24) is 0 Å². The van der Waals surface area contributed by atoms with Crippen LogP contribution in [0.5, 0.6) is 0 Å². The van der Waals surface area contributed by atoms with Gasteiger partial charge in [-0.3, -0.25) is 0 Å². The smallest absolute Gasteiger partial charge is 0.0468 e. The monoisotopic (exact) mass is 273 g/mol. The van der Waals surface area contributed by atoms with E-state index in [0.717, 1.165) is 38.4 Å². The first kappa shape index (κ1) is 14.1. The second-order valence-electron chi connectivity index (χ2n) is 6.87. The molecule has 1 aliphatic heterocycles. The van der Waals surface area contributed by atoms with Gasteiger partial charge in [-0.05, 0) is 74.5 Å². The quantitative estimate of drug-likeness (QED) is 0.914. The average Bonchev–Trinajstić information content (AvgIpc) is 2.47. The van der Waals surface area contributed by atoms with Gasteiger partial charge in [-0.15, -0.1) is 0 Å². The summed E-state index contributed by atoms with van der Waals surface area (Å²) in [5, 5.41) is 0. The predicted octanol–water partition coefficient (Wildman–Crippen LogP) is 3.56. The van der Waals surface area contributed by atoms with Gasteiger partial charge in [0, 0.05) is 18.8 Å². The van der Waals surface area contributed by atoms with Gasteiger partial charge in [0.15, 0.2) is 0 Å². The standard InChI is InChI=1S/C18H27NO/c1-18(19,13-14-8-10-20-11-9-14)17-7-6-15-4-2-3-5-16(15)12-17/h6-7,12,14H,2-5,8-11,13,19H2,1H3. The average molecular weight is 273 g/mol. The highest BCUT2D eigenvalue weighted by Gasteiger charge is 2.27. The van der Waals surface area contributed by atoms with Crippen molar-refractivity contribution >= 4 is 0 Å². The Kier molecular flexibility index (Phi) is 4.13. The van der Waals surface area contributed by atoms with E-state index in [1.165, 1.54) is 36.8 Å². The molecule has 0 aromatic heterocycles. The van der Waals surface area contributed by atoms with Crippen molar-refractivity contribution in [2.75, 3.05) is 13.2 Å². The van der Waals surface area contributed by atoms with Crippen LogP contribution in [0.2, 0.25) is 0 Å². The van der Waals surface area contributed by atoms with Gasteiger partial charge in [-0.2, -0.15) is 0 Å². The minimum Gasteiger partial charge on any atom is -0.381 e. The Morgan fingerprint density at radius 3 is 2.60 bits per heavy atom. The van der Waals surface area contributed by atoms with Crippen LogP contribution in [0.1, 0.15) is 55.7 Å². The highest BCUT2D eigenvalue weighted by atomic mass is 16.5. The predicted molar refractivity (Wildman–Crippen MR) is 82.8 cm³/mol.